The molecular formula is C11H11NO3. The molecule has 2 rings (SSSR count). The van der Waals surface area contributed by atoms with Gasteiger partial charge in [-0.05, 0) is 25.1 Å². The third-order valence-corrected chi connectivity index (χ3v) is 2.32. The van der Waals surface area contributed by atoms with Crippen molar-refractivity contribution in [1.82, 2.24) is 0 Å². The van der Waals surface area contributed by atoms with Crippen molar-refractivity contribution in [3.63, 3.8) is 0 Å². The molecule has 0 aliphatic heterocycles. The molecule has 4 heteroatoms. The van der Waals surface area contributed by atoms with Crippen molar-refractivity contribution in [2.24, 2.45) is 5.16 Å². The minimum absolute atomic E-state index is 0.516. The predicted octanol–water partition coefficient (Wildman–Crippen LogP) is 2.64. The summed E-state index contributed by atoms with van der Waals surface area (Å²) >= 11 is 0. The molecule has 78 valence electrons. The second-order valence-corrected chi connectivity index (χ2v) is 3.20. The van der Waals surface area contributed by atoms with Crippen molar-refractivity contribution in [3.8, 4) is 5.75 Å². The molecule has 1 aromatic heterocycles. The highest BCUT2D eigenvalue weighted by atomic mass is 16.5. The van der Waals surface area contributed by atoms with Gasteiger partial charge in [0.2, 0.25) is 0 Å². The molecular weight excluding hydrogens is 194 g/mol. The van der Waals surface area contributed by atoms with Crippen LogP contribution in [0.1, 0.15) is 12.5 Å². The molecule has 2 aromatic rings. The summed E-state index contributed by atoms with van der Waals surface area (Å²) in [5.41, 5.74) is 2.03. The van der Waals surface area contributed by atoms with Crippen LogP contribution >= 0.6 is 0 Å². The van der Waals surface area contributed by atoms with E-state index in [1.54, 1.807) is 20.3 Å². The first-order chi connectivity index (χ1) is 7.26. The number of furan rings is 1. The highest BCUT2D eigenvalue weighted by molar-refractivity contribution is 6.08. The van der Waals surface area contributed by atoms with Gasteiger partial charge in [-0.2, -0.15) is 0 Å². The summed E-state index contributed by atoms with van der Waals surface area (Å²) in [5, 5.41) is 12.7. The van der Waals surface area contributed by atoms with Gasteiger partial charge in [0.1, 0.15) is 17.6 Å². The van der Waals surface area contributed by atoms with E-state index in [9.17, 15) is 0 Å². The van der Waals surface area contributed by atoms with Crippen molar-refractivity contribution in [1.29, 1.82) is 0 Å². The molecule has 0 aliphatic rings. The molecule has 4 nitrogen and oxygen atoms in total. The highest BCUT2D eigenvalue weighted by Crippen LogP contribution is 2.26. The Morgan fingerprint density at radius 2 is 2.27 bits per heavy atom. The Balaban J connectivity index is 2.66. The molecule has 1 aromatic carbocycles. The summed E-state index contributed by atoms with van der Waals surface area (Å²) in [4.78, 5) is 0. The number of benzene rings is 1. The third kappa shape index (κ3) is 1.54. The van der Waals surface area contributed by atoms with Crippen LogP contribution in [0.2, 0.25) is 0 Å². The number of oxime groups is 1. The number of hydrogen-bond acceptors (Lipinski definition) is 4. The molecule has 0 unspecified atom stereocenters. The van der Waals surface area contributed by atoms with Crippen LogP contribution in [0.3, 0.4) is 0 Å². The van der Waals surface area contributed by atoms with E-state index >= 15 is 0 Å². The van der Waals surface area contributed by atoms with Crippen LogP contribution in [-0.2, 0) is 0 Å². The lowest BCUT2D eigenvalue weighted by Crippen LogP contribution is -1.92. The number of hydrogen-bond donors (Lipinski definition) is 1. The van der Waals surface area contributed by atoms with Crippen LogP contribution < -0.4 is 4.74 Å². The summed E-state index contributed by atoms with van der Waals surface area (Å²) in [6, 6.07) is 5.49. The second kappa shape index (κ2) is 3.65. The molecule has 1 N–H and O–H groups in total. The summed E-state index contributed by atoms with van der Waals surface area (Å²) in [7, 11) is 1.61. The van der Waals surface area contributed by atoms with Gasteiger partial charge in [0, 0.05) is 10.9 Å². The maximum atomic E-state index is 8.71. The first kappa shape index (κ1) is 9.58. The molecule has 1 heterocycles. The quantitative estimate of drug-likeness (QED) is 0.466. The van der Waals surface area contributed by atoms with E-state index < -0.39 is 0 Å². The molecule has 0 aliphatic carbocycles. The molecule has 0 amide bonds. The van der Waals surface area contributed by atoms with Gasteiger partial charge in [0.25, 0.3) is 0 Å². The maximum Gasteiger partial charge on any atom is 0.134 e. The maximum absolute atomic E-state index is 8.71. The zero-order valence-electron chi connectivity index (χ0n) is 8.52. The Bertz CT molecular complexity index is 514. The van der Waals surface area contributed by atoms with Crippen LogP contribution in [0.25, 0.3) is 11.0 Å². The van der Waals surface area contributed by atoms with Gasteiger partial charge in [0.15, 0.2) is 0 Å². The number of ether oxygens (including phenoxy) is 1. The zero-order chi connectivity index (χ0) is 10.8. The predicted molar refractivity (Wildman–Crippen MR) is 56.8 cm³/mol. The molecule has 0 spiro atoms. The first-order valence-corrected chi connectivity index (χ1v) is 4.50. The standard InChI is InChI=1S/C11H11NO3/c1-7(12-13)10-6-15-11-4-3-8(14-2)5-9(10)11/h3-6,13H,1-2H3. The van der Waals surface area contributed by atoms with Crippen LogP contribution in [0, 0.1) is 0 Å². The SMILES string of the molecule is COc1ccc2occ(C(C)=NO)c2c1. The fourth-order valence-corrected chi connectivity index (χ4v) is 1.47. The largest absolute Gasteiger partial charge is 0.497 e. The van der Waals surface area contributed by atoms with Gasteiger partial charge in [-0.3, -0.25) is 0 Å². The lowest BCUT2D eigenvalue weighted by molar-refractivity contribution is 0.319. The van der Waals surface area contributed by atoms with E-state index in [-0.39, 0.29) is 0 Å². The smallest absolute Gasteiger partial charge is 0.134 e. The minimum atomic E-state index is 0.516. The fraction of sp³-hybridized carbons (Fsp3) is 0.182. The number of rotatable bonds is 2. The third-order valence-electron chi connectivity index (χ3n) is 2.32. The van der Waals surface area contributed by atoms with E-state index in [2.05, 4.69) is 5.16 Å². The Morgan fingerprint density at radius 1 is 1.47 bits per heavy atom. The number of methoxy groups -OCH3 is 1. The Labute approximate surface area is 86.8 Å². The highest BCUT2D eigenvalue weighted by Gasteiger charge is 2.09. The van der Waals surface area contributed by atoms with E-state index in [0.717, 1.165) is 22.3 Å². The van der Waals surface area contributed by atoms with Crippen LogP contribution in [0.4, 0.5) is 0 Å². The molecule has 0 atom stereocenters. The van der Waals surface area contributed by atoms with Crippen molar-refractivity contribution < 1.29 is 14.4 Å². The summed E-state index contributed by atoms with van der Waals surface area (Å²) in [6.45, 7) is 1.71. The van der Waals surface area contributed by atoms with Crippen molar-refractivity contribution in [2.75, 3.05) is 7.11 Å². The minimum Gasteiger partial charge on any atom is -0.497 e. The van der Waals surface area contributed by atoms with E-state index in [4.69, 9.17) is 14.4 Å². The molecule has 0 fully saturated rings. The van der Waals surface area contributed by atoms with Gasteiger partial charge in [0.05, 0.1) is 12.8 Å². The summed E-state index contributed by atoms with van der Waals surface area (Å²) in [5.74, 6) is 0.746. The van der Waals surface area contributed by atoms with Crippen LogP contribution in [-0.4, -0.2) is 18.0 Å². The monoisotopic (exact) mass is 205 g/mol. The normalized spacial score (nSPS) is 12.0. The average molecular weight is 205 g/mol. The average Bonchev–Trinajstić information content (AvgIpc) is 2.70. The Morgan fingerprint density at radius 3 is 2.93 bits per heavy atom. The Kier molecular flexibility index (Phi) is 2.33. The van der Waals surface area contributed by atoms with Gasteiger partial charge < -0.3 is 14.4 Å². The van der Waals surface area contributed by atoms with Crippen LogP contribution in [0.15, 0.2) is 34.0 Å². The summed E-state index contributed by atoms with van der Waals surface area (Å²) in [6.07, 6.45) is 1.57. The molecule has 0 saturated heterocycles. The van der Waals surface area contributed by atoms with E-state index in [1.165, 1.54) is 0 Å². The summed E-state index contributed by atoms with van der Waals surface area (Å²) < 4.78 is 10.4. The van der Waals surface area contributed by atoms with Crippen LogP contribution in [0.5, 0.6) is 5.75 Å². The fourth-order valence-electron chi connectivity index (χ4n) is 1.47. The lowest BCUT2D eigenvalue weighted by Gasteiger charge is -1.99. The van der Waals surface area contributed by atoms with E-state index in [1.807, 2.05) is 18.2 Å². The number of nitrogens with zero attached hydrogens (tertiary/aromatic N) is 1. The van der Waals surface area contributed by atoms with Crippen molar-refractivity contribution >= 4 is 16.7 Å². The topological polar surface area (TPSA) is 55.0 Å². The van der Waals surface area contributed by atoms with Gasteiger partial charge in [-0.15, -0.1) is 0 Å². The molecule has 0 bridgehead atoms. The van der Waals surface area contributed by atoms with Crippen molar-refractivity contribution in [3.05, 3.63) is 30.0 Å². The number of fused-ring (bicyclic) bond motifs is 1. The molecule has 15 heavy (non-hydrogen) atoms. The molecule has 0 saturated carbocycles. The van der Waals surface area contributed by atoms with E-state index in [0.29, 0.717) is 5.71 Å². The lowest BCUT2D eigenvalue weighted by atomic mass is 10.1. The first-order valence-electron chi connectivity index (χ1n) is 4.50. The van der Waals surface area contributed by atoms with Gasteiger partial charge >= 0.3 is 0 Å². The second-order valence-electron chi connectivity index (χ2n) is 3.20. The van der Waals surface area contributed by atoms with Gasteiger partial charge in [-0.1, -0.05) is 5.16 Å². The molecule has 0 radical (unpaired) electrons. The van der Waals surface area contributed by atoms with Crippen molar-refractivity contribution in [2.45, 2.75) is 6.92 Å². The van der Waals surface area contributed by atoms with Gasteiger partial charge in [-0.25, -0.2) is 0 Å². The zero-order valence-corrected chi connectivity index (χ0v) is 8.52. The Hall–Kier alpha value is -1.97.